The number of carbonyl (C=O) groups excluding carboxylic acids is 6. The standard InChI is InChI=1S/C27H39N5O8S/c1-27(24(36)40-32-21(34)10-11-22(32)35)12-4-6-17(7-5-13-27)39-26(38)29-15-14-28-20(33)9-3-2-8-19-23-18(16-41-19)30-25(37)31-23/h4,6,17-19,23H,2-3,5,7-16H2,1H3,(H,28,33)(H,29,38)(H2,30,31,37). The zero-order valence-corrected chi connectivity index (χ0v) is 24.1. The van der Waals surface area contributed by atoms with Crippen LogP contribution < -0.4 is 21.3 Å². The molecule has 0 spiro atoms. The topological polar surface area (TPSA) is 172 Å². The summed E-state index contributed by atoms with van der Waals surface area (Å²) in [4.78, 5) is 77.2. The minimum Gasteiger partial charge on any atom is -0.442 e. The maximum Gasteiger partial charge on any atom is 0.407 e. The largest absolute Gasteiger partial charge is 0.442 e. The molecule has 0 aromatic carbocycles. The van der Waals surface area contributed by atoms with Crippen molar-refractivity contribution in [3.63, 3.8) is 0 Å². The van der Waals surface area contributed by atoms with Gasteiger partial charge in [-0.15, -0.1) is 5.06 Å². The number of urea groups is 1. The second kappa shape index (κ2) is 14.1. The number of ether oxygens (including phenoxy) is 1. The summed E-state index contributed by atoms with van der Waals surface area (Å²) in [6.07, 6.45) is 7.33. The summed E-state index contributed by atoms with van der Waals surface area (Å²) >= 11 is 1.86. The Balaban J connectivity index is 1.06. The van der Waals surface area contributed by atoms with Gasteiger partial charge in [-0.1, -0.05) is 12.5 Å². The number of fused-ring (bicyclic) bond motifs is 1. The number of amides is 6. The van der Waals surface area contributed by atoms with Crippen LogP contribution in [0.25, 0.3) is 0 Å². The van der Waals surface area contributed by atoms with E-state index in [1.54, 1.807) is 19.1 Å². The molecule has 13 nitrogen and oxygen atoms in total. The van der Waals surface area contributed by atoms with Crippen LogP contribution in [0.2, 0.25) is 0 Å². The van der Waals surface area contributed by atoms with Gasteiger partial charge in [-0.05, 0) is 51.5 Å². The fourth-order valence-electron chi connectivity index (χ4n) is 5.41. The summed E-state index contributed by atoms with van der Waals surface area (Å²) in [5.74, 6) is -0.813. The number of hydrogen-bond donors (Lipinski definition) is 4. The van der Waals surface area contributed by atoms with Crippen LogP contribution in [0.4, 0.5) is 9.59 Å². The first kappa shape index (κ1) is 30.7. The highest BCUT2D eigenvalue weighted by Gasteiger charge is 2.43. The Kier molecular flexibility index (Phi) is 10.5. The van der Waals surface area contributed by atoms with Gasteiger partial charge >= 0.3 is 18.1 Å². The molecule has 0 saturated carbocycles. The van der Waals surface area contributed by atoms with Crippen molar-refractivity contribution in [2.24, 2.45) is 5.41 Å². The van der Waals surface area contributed by atoms with Crippen LogP contribution in [0.5, 0.6) is 0 Å². The number of nitrogens with zero attached hydrogens (tertiary/aromatic N) is 1. The molecule has 0 radical (unpaired) electrons. The first-order valence-corrected chi connectivity index (χ1v) is 15.3. The lowest BCUT2D eigenvalue weighted by Gasteiger charge is -2.29. The molecule has 5 atom stereocenters. The molecular weight excluding hydrogens is 554 g/mol. The lowest BCUT2D eigenvalue weighted by Crippen LogP contribution is -2.39. The molecule has 6 amide bonds. The first-order valence-electron chi connectivity index (χ1n) is 14.3. The van der Waals surface area contributed by atoms with Gasteiger partial charge in [0.2, 0.25) is 5.91 Å². The molecule has 226 valence electrons. The van der Waals surface area contributed by atoms with Gasteiger partial charge in [0, 0.05) is 43.4 Å². The normalized spacial score (nSPS) is 29.2. The molecule has 1 aliphatic carbocycles. The number of allylic oxidation sites excluding steroid dienone is 1. The third-order valence-corrected chi connectivity index (χ3v) is 9.37. The minimum absolute atomic E-state index is 0.0403. The second-order valence-corrected chi connectivity index (χ2v) is 12.4. The molecule has 3 heterocycles. The van der Waals surface area contributed by atoms with E-state index in [2.05, 4.69) is 21.3 Å². The highest BCUT2D eigenvalue weighted by Crippen LogP contribution is 2.34. The van der Waals surface area contributed by atoms with Crippen LogP contribution in [0.3, 0.4) is 0 Å². The molecule has 14 heteroatoms. The molecule has 3 fully saturated rings. The van der Waals surface area contributed by atoms with Crippen molar-refractivity contribution in [1.29, 1.82) is 0 Å². The van der Waals surface area contributed by atoms with E-state index in [-0.39, 0.29) is 50.0 Å². The smallest absolute Gasteiger partial charge is 0.407 e. The van der Waals surface area contributed by atoms with Crippen molar-refractivity contribution in [3.8, 4) is 0 Å². The number of rotatable bonds is 11. The first-order chi connectivity index (χ1) is 19.6. The lowest BCUT2D eigenvalue weighted by molar-refractivity contribution is -0.205. The van der Waals surface area contributed by atoms with Crippen LogP contribution in [0, 0.1) is 5.41 Å². The van der Waals surface area contributed by atoms with Crippen LogP contribution >= 0.6 is 11.8 Å². The van der Waals surface area contributed by atoms with E-state index in [4.69, 9.17) is 9.57 Å². The SMILES string of the molecule is CC1(C(=O)ON2C(=O)CCC2=O)CC=CC(OC(=O)NCCNC(=O)CCCCC2SCC3NC(=O)NC32)CCC1. The van der Waals surface area contributed by atoms with E-state index in [0.29, 0.717) is 42.4 Å². The number of imide groups is 1. The summed E-state index contributed by atoms with van der Waals surface area (Å²) in [7, 11) is 0. The molecule has 3 saturated heterocycles. The number of carbonyl (C=O) groups is 6. The Hall–Kier alpha value is -3.29. The Morgan fingerprint density at radius 1 is 1.10 bits per heavy atom. The van der Waals surface area contributed by atoms with Crippen LogP contribution in [-0.4, -0.2) is 83.2 Å². The average Bonchev–Trinajstić information content (AvgIpc) is 3.57. The summed E-state index contributed by atoms with van der Waals surface area (Å²) in [6, 6.07) is 0.288. The molecule has 3 aliphatic heterocycles. The number of hydrogen-bond acceptors (Lipinski definition) is 9. The predicted molar refractivity (Wildman–Crippen MR) is 148 cm³/mol. The van der Waals surface area contributed by atoms with Crippen molar-refractivity contribution in [1.82, 2.24) is 26.3 Å². The molecule has 0 aromatic rings. The van der Waals surface area contributed by atoms with Gasteiger partial charge in [-0.3, -0.25) is 14.4 Å². The fourth-order valence-corrected chi connectivity index (χ4v) is 6.96. The third-order valence-electron chi connectivity index (χ3n) is 7.86. The van der Waals surface area contributed by atoms with Crippen molar-refractivity contribution >= 4 is 47.6 Å². The van der Waals surface area contributed by atoms with E-state index < -0.39 is 35.4 Å². The Morgan fingerprint density at radius 3 is 2.63 bits per heavy atom. The zero-order valence-electron chi connectivity index (χ0n) is 23.3. The Morgan fingerprint density at radius 2 is 1.85 bits per heavy atom. The molecule has 4 N–H and O–H groups in total. The maximum absolute atomic E-state index is 12.7. The molecule has 5 unspecified atom stereocenters. The molecule has 4 rings (SSSR count). The molecular formula is C27H39N5O8S. The average molecular weight is 594 g/mol. The van der Waals surface area contributed by atoms with E-state index in [1.165, 1.54) is 0 Å². The predicted octanol–water partition coefficient (Wildman–Crippen LogP) is 1.67. The number of hydroxylamine groups is 2. The lowest BCUT2D eigenvalue weighted by atomic mass is 9.80. The second-order valence-electron chi connectivity index (χ2n) is 11.1. The third kappa shape index (κ3) is 8.37. The van der Waals surface area contributed by atoms with Gasteiger partial charge in [-0.25, -0.2) is 14.4 Å². The quantitative estimate of drug-likeness (QED) is 0.120. The molecule has 0 aromatic heterocycles. The van der Waals surface area contributed by atoms with Gasteiger partial charge in [-0.2, -0.15) is 11.8 Å². The molecule has 4 aliphatic rings. The van der Waals surface area contributed by atoms with Gasteiger partial charge in [0.15, 0.2) is 0 Å². The van der Waals surface area contributed by atoms with Gasteiger partial charge < -0.3 is 30.8 Å². The monoisotopic (exact) mass is 593 g/mol. The summed E-state index contributed by atoms with van der Waals surface area (Å²) < 4.78 is 5.47. The van der Waals surface area contributed by atoms with Crippen molar-refractivity contribution in [3.05, 3.63) is 12.2 Å². The van der Waals surface area contributed by atoms with Gasteiger partial charge in [0.25, 0.3) is 11.8 Å². The van der Waals surface area contributed by atoms with Gasteiger partial charge in [0.05, 0.1) is 17.5 Å². The summed E-state index contributed by atoms with van der Waals surface area (Å²) in [5.41, 5.74) is -0.908. The van der Waals surface area contributed by atoms with Crippen LogP contribution in [0.15, 0.2) is 12.2 Å². The Labute approximate surface area is 243 Å². The van der Waals surface area contributed by atoms with Crippen molar-refractivity contribution in [2.75, 3.05) is 18.8 Å². The Bertz CT molecular complexity index is 1050. The number of alkyl carbamates (subject to hydrolysis) is 1. The fraction of sp³-hybridized carbons (Fsp3) is 0.704. The van der Waals surface area contributed by atoms with E-state index in [0.717, 1.165) is 25.0 Å². The summed E-state index contributed by atoms with van der Waals surface area (Å²) in [6.45, 7) is 2.24. The van der Waals surface area contributed by atoms with Crippen molar-refractivity contribution < 1.29 is 38.3 Å². The van der Waals surface area contributed by atoms with Crippen LogP contribution in [-0.2, 0) is 28.8 Å². The number of unbranched alkanes of at least 4 members (excludes halogenated alkanes) is 1. The highest BCUT2D eigenvalue weighted by molar-refractivity contribution is 8.00. The summed E-state index contributed by atoms with van der Waals surface area (Å²) in [5, 5.41) is 12.3. The van der Waals surface area contributed by atoms with E-state index in [9.17, 15) is 28.8 Å². The highest BCUT2D eigenvalue weighted by atomic mass is 32.2. The molecule has 41 heavy (non-hydrogen) atoms. The van der Waals surface area contributed by atoms with Crippen molar-refractivity contribution in [2.45, 2.75) is 94.6 Å². The van der Waals surface area contributed by atoms with E-state index >= 15 is 0 Å². The van der Waals surface area contributed by atoms with Crippen LogP contribution in [0.1, 0.15) is 71.1 Å². The zero-order chi connectivity index (χ0) is 29.4. The molecule has 0 bridgehead atoms. The number of thioether (sulfide) groups is 1. The van der Waals surface area contributed by atoms with E-state index in [1.807, 2.05) is 11.8 Å². The maximum atomic E-state index is 12.7. The van der Waals surface area contributed by atoms with Gasteiger partial charge in [0.1, 0.15) is 6.10 Å². The minimum atomic E-state index is -0.908. The number of nitrogens with one attached hydrogen (secondary N) is 4.